The summed E-state index contributed by atoms with van der Waals surface area (Å²) >= 11 is 0. The molecule has 2 aromatic heterocycles. The molecule has 0 N–H and O–H groups in total. The van der Waals surface area contributed by atoms with Crippen molar-refractivity contribution in [1.29, 1.82) is 0 Å². The van der Waals surface area contributed by atoms with Gasteiger partial charge in [0.15, 0.2) is 5.82 Å². The fourth-order valence-corrected chi connectivity index (χ4v) is 4.82. The monoisotopic (exact) mass is 467 g/mol. The van der Waals surface area contributed by atoms with Crippen LogP contribution in [-0.2, 0) is 13.1 Å². The van der Waals surface area contributed by atoms with Crippen LogP contribution in [-0.4, -0.2) is 72.9 Å². The van der Waals surface area contributed by atoms with E-state index in [1.54, 1.807) is 0 Å². The first-order chi connectivity index (χ1) is 16.3. The van der Waals surface area contributed by atoms with Crippen molar-refractivity contribution >= 4 is 0 Å². The molecule has 2 aliphatic heterocycles. The first kappa shape index (κ1) is 23.0. The Labute approximate surface area is 200 Å². The van der Waals surface area contributed by atoms with E-state index in [1.807, 2.05) is 23.9 Å². The molecule has 0 aliphatic carbocycles. The summed E-state index contributed by atoms with van der Waals surface area (Å²) in [5.74, 6) is 2.58. The quantitative estimate of drug-likeness (QED) is 0.569. The number of hydrogen-bond donors (Lipinski definition) is 0. The lowest BCUT2D eigenvalue weighted by Gasteiger charge is -2.37. The van der Waals surface area contributed by atoms with Gasteiger partial charge in [0, 0.05) is 62.6 Å². The summed E-state index contributed by atoms with van der Waals surface area (Å²) in [6, 6.07) is 4.16. The zero-order valence-electron chi connectivity index (χ0n) is 20.8. The van der Waals surface area contributed by atoms with Gasteiger partial charge in [-0.15, -0.1) is 0 Å². The zero-order chi connectivity index (χ0) is 24.0. The van der Waals surface area contributed by atoms with E-state index in [2.05, 4.69) is 52.1 Å². The van der Waals surface area contributed by atoms with E-state index < -0.39 is 0 Å². The molecule has 9 heteroatoms. The fourth-order valence-electron chi connectivity index (χ4n) is 4.82. The smallest absolute Gasteiger partial charge is 0.178 e. The molecule has 34 heavy (non-hydrogen) atoms. The number of benzene rings is 1. The minimum Gasteiger partial charge on any atom is -0.491 e. The fraction of sp³-hybridized carbons (Fsp3) is 0.560. The number of ether oxygens (including phenoxy) is 1. The second-order valence-corrected chi connectivity index (χ2v) is 9.86. The van der Waals surface area contributed by atoms with E-state index in [-0.39, 0.29) is 11.9 Å². The number of nitrogens with zero attached hydrogens (tertiary/aromatic N) is 7. The van der Waals surface area contributed by atoms with Gasteiger partial charge >= 0.3 is 0 Å². The minimum absolute atomic E-state index is 0.171. The van der Waals surface area contributed by atoms with Gasteiger partial charge in [0.25, 0.3) is 0 Å². The van der Waals surface area contributed by atoms with Crippen LogP contribution in [0.2, 0.25) is 0 Å². The summed E-state index contributed by atoms with van der Waals surface area (Å²) in [7, 11) is 0. The van der Waals surface area contributed by atoms with Crippen molar-refractivity contribution in [2.75, 3.05) is 32.8 Å². The molecule has 5 rings (SSSR count). The van der Waals surface area contributed by atoms with Crippen LogP contribution < -0.4 is 4.74 Å². The molecule has 0 atom stereocenters. The van der Waals surface area contributed by atoms with Crippen LogP contribution in [0.5, 0.6) is 5.75 Å². The number of hydrogen-bond acceptors (Lipinski definition) is 6. The zero-order valence-corrected chi connectivity index (χ0v) is 20.8. The van der Waals surface area contributed by atoms with Gasteiger partial charge in [-0.3, -0.25) is 9.80 Å². The highest BCUT2D eigenvalue weighted by molar-refractivity contribution is 5.69. The maximum Gasteiger partial charge on any atom is 0.178 e. The molecule has 0 amide bonds. The van der Waals surface area contributed by atoms with Gasteiger partial charge in [0.1, 0.15) is 35.5 Å². The van der Waals surface area contributed by atoms with Gasteiger partial charge < -0.3 is 9.30 Å². The third-order valence-electron chi connectivity index (χ3n) is 6.74. The summed E-state index contributed by atoms with van der Waals surface area (Å²) in [6.07, 6.45) is 2.00. The maximum absolute atomic E-state index is 15.1. The predicted octanol–water partition coefficient (Wildman–Crippen LogP) is 3.76. The van der Waals surface area contributed by atoms with Crippen LogP contribution in [0, 0.1) is 12.7 Å². The highest BCUT2D eigenvalue weighted by Crippen LogP contribution is 2.36. The van der Waals surface area contributed by atoms with E-state index in [9.17, 15) is 0 Å². The lowest BCUT2D eigenvalue weighted by Crippen LogP contribution is -2.48. The third-order valence-corrected chi connectivity index (χ3v) is 6.74. The number of aryl methyl sites for hydroxylation is 1. The second-order valence-electron chi connectivity index (χ2n) is 9.86. The predicted molar refractivity (Wildman–Crippen MR) is 129 cm³/mol. The van der Waals surface area contributed by atoms with E-state index >= 15 is 4.39 Å². The summed E-state index contributed by atoms with van der Waals surface area (Å²) in [5, 5.41) is 4.54. The van der Waals surface area contributed by atoms with E-state index in [0.717, 1.165) is 54.9 Å². The largest absolute Gasteiger partial charge is 0.491 e. The molecule has 0 saturated carbocycles. The highest BCUT2D eigenvalue weighted by Gasteiger charge is 2.25. The normalized spacial score (nSPS) is 17.1. The first-order valence-electron chi connectivity index (χ1n) is 12.2. The van der Waals surface area contributed by atoms with Crippen molar-refractivity contribution in [3.63, 3.8) is 0 Å². The average molecular weight is 468 g/mol. The Morgan fingerprint density at radius 3 is 2.44 bits per heavy atom. The van der Waals surface area contributed by atoms with Crippen molar-refractivity contribution in [1.82, 2.24) is 34.1 Å². The molecule has 182 valence electrons. The highest BCUT2D eigenvalue weighted by atomic mass is 19.1. The van der Waals surface area contributed by atoms with Crippen molar-refractivity contribution < 1.29 is 9.13 Å². The molecular formula is C25H34FN7O. The molecule has 1 fully saturated rings. The Kier molecular flexibility index (Phi) is 6.16. The van der Waals surface area contributed by atoms with Gasteiger partial charge in [0.2, 0.25) is 0 Å². The van der Waals surface area contributed by atoms with Crippen LogP contribution in [0.4, 0.5) is 4.39 Å². The average Bonchev–Trinajstić information content (AvgIpc) is 3.35. The van der Waals surface area contributed by atoms with Crippen LogP contribution in [0.25, 0.3) is 22.9 Å². The van der Waals surface area contributed by atoms with Crippen LogP contribution in [0.1, 0.15) is 45.1 Å². The lowest BCUT2D eigenvalue weighted by atomic mass is 10.1. The molecule has 3 aromatic rings. The SMILES string of the molecule is Cc1nc(-c2cn3c(n2)-c2cc(CN4CCN(C(C)C)CC4)c(F)cc2OCC3)n(C(C)C)n1. The van der Waals surface area contributed by atoms with Crippen LogP contribution >= 0.6 is 0 Å². The first-order valence-corrected chi connectivity index (χ1v) is 12.2. The Bertz CT molecular complexity index is 1170. The summed E-state index contributed by atoms with van der Waals surface area (Å²) in [5.41, 5.74) is 2.28. The summed E-state index contributed by atoms with van der Waals surface area (Å²) in [6.45, 7) is 16.1. The van der Waals surface area contributed by atoms with E-state index in [4.69, 9.17) is 9.72 Å². The lowest BCUT2D eigenvalue weighted by molar-refractivity contribution is 0.103. The molecule has 0 unspecified atom stereocenters. The minimum atomic E-state index is -0.222. The van der Waals surface area contributed by atoms with Gasteiger partial charge in [-0.1, -0.05) is 0 Å². The molecule has 1 aromatic carbocycles. The van der Waals surface area contributed by atoms with E-state index in [0.29, 0.717) is 37.1 Å². The molecular weight excluding hydrogens is 433 g/mol. The number of imidazole rings is 1. The summed E-state index contributed by atoms with van der Waals surface area (Å²) < 4.78 is 25.0. The molecule has 1 saturated heterocycles. The molecule has 0 spiro atoms. The Morgan fingerprint density at radius 1 is 0.971 bits per heavy atom. The third kappa shape index (κ3) is 4.34. The van der Waals surface area contributed by atoms with Gasteiger partial charge in [-0.25, -0.2) is 19.0 Å². The van der Waals surface area contributed by atoms with Crippen molar-refractivity contribution in [2.24, 2.45) is 0 Å². The Hall–Kier alpha value is -2.78. The van der Waals surface area contributed by atoms with Crippen molar-refractivity contribution in [2.45, 2.75) is 59.8 Å². The standard InChI is InChI=1S/C25H34FN7O/c1-16(2)31-8-6-30(7-9-31)14-19-12-20-23(13-21(19)26)34-11-10-32-15-22(28-24(20)32)25-27-18(5)29-33(25)17(3)4/h12-13,15-17H,6-11,14H2,1-5H3. The van der Waals surface area contributed by atoms with Crippen LogP contribution in [0.15, 0.2) is 18.3 Å². The van der Waals surface area contributed by atoms with Gasteiger partial charge in [-0.2, -0.15) is 5.10 Å². The number of rotatable bonds is 5. The second kappa shape index (κ2) is 9.11. The molecule has 8 nitrogen and oxygen atoms in total. The van der Waals surface area contributed by atoms with Crippen molar-refractivity contribution in [3.05, 3.63) is 35.5 Å². The topological polar surface area (TPSA) is 64.2 Å². The van der Waals surface area contributed by atoms with Crippen molar-refractivity contribution in [3.8, 4) is 28.7 Å². The Balaban J connectivity index is 1.47. The van der Waals surface area contributed by atoms with Gasteiger partial charge in [0.05, 0.1) is 12.1 Å². The maximum atomic E-state index is 15.1. The molecule has 2 aliphatic rings. The van der Waals surface area contributed by atoms with Crippen LogP contribution in [0.3, 0.4) is 0 Å². The number of halogens is 1. The number of fused-ring (bicyclic) bond motifs is 3. The molecule has 0 bridgehead atoms. The number of aromatic nitrogens is 5. The molecule has 4 heterocycles. The summed E-state index contributed by atoms with van der Waals surface area (Å²) in [4.78, 5) is 14.4. The number of piperazine rings is 1. The molecule has 0 radical (unpaired) electrons. The Morgan fingerprint density at radius 2 is 1.74 bits per heavy atom. The van der Waals surface area contributed by atoms with E-state index in [1.165, 1.54) is 6.07 Å². The van der Waals surface area contributed by atoms with Gasteiger partial charge in [-0.05, 0) is 40.7 Å².